The molecule has 2 aromatic rings. The van der Waals surface area contributed by atoms with Crippen molar-refractivity contribution >= 4 is 11.6 Å². The van der Waals surface area contributed by atoms with Crippen molar-refractivity contribution < 1.29 is 0 Å². The third-order valence-electron chi connectivity index (χ3n) is 3.16. The molecule has 0 spiro atoms. The summed E-state index contributed by atoms with van der Waals surface area (Å²) in [6.07, 6.45) is 3.18. The Morgan fingerprint density at radius 2 is 2.00 bits per heavy atom. The Bertz CT molecular complexity index is 531. The molecule has 0 amide bonds. The fourth-order valence-electron chi connectivity index (χ4n) is 2.25. The van der Waals surface area contributed by atoms with Crippen LogP contribution in [0, 0.1) is 6.92 Å². The summed E-state index contributed by atoms with van der Waals surface area (Å²) in [6, 6.07) is 8.18. The highest BCUT2D eigenvalue weighted by Gasteiger charge is 2.17. The lowest BCUT2D eigenvalue weighted by atomic mass is 9.99. The Kier molecular flexibility index (Phi) is 4.61. The van der Waals surface area contributed by atoms with Gasteiger partial charge in [-0.05, 0) is 37.6 Å². The molecule has 1 atom stereocenters. The summed E-state index contributed by atoms with van der Waals surface area (Å²) >= 11 is 5.97. The fraction of sp³-hybridized carbons (Fsp3) is 0.400. The number of aryl methyl sites for hydroxylation is 2. The molecule has 1 aromatic carbocycles. The van der Waals surface area contributed by atoms with Gasteiger partial charge in [0.25, 0.3) is 0 Å². The third-order valence-corrected chi connectivity index (χ3v) is 3.42. The maximum absolute atomic E-state index is 5.97. The topological polar surface area (TPSA) is 29.9 Å². The SMILES string of the molecule is CCCNC(c1ccc(Cl)cc1)c1cn(C)nc1C. The van der Waals surface area contributed by atoms with Crippen LogP contribution in [0.5, 0.6) is 0 Å². The lowest BCUT2D eigenvalue weighted by Gasteiger charge is -2.18. The molecule has 0 saturated carbocycles. The quantitative estimate of drug-likeness (QED) is 0.907. The van der Waals surface area contributed by atoms with E-state index in [4.69, 9.17) is 11.6 Å². The third kappa shape index (κ3) is 3.37. The van der Waals surface area contributed by atoms with E-state index < -0.39 is 0 Å². The van der Waals surface area contributed by atoms with Gasteiger partial charge in [-0.2, -0.15) is 5.10 Å². The van der Waals surface area contributed by atoms with Gasteiger partial charge in [0.1, 0.15) is 0 Å². The van der Waals surface area contributed by atoms with Crippen molar-refractivity contribution in [3.05, 3.63) is 52.3 Å². The largest absolute Gasteiger partial charge is 0.306 e. The summed E-state index contributed by atoms with van der Waals surface area (Å²) in [6.45, 7) is 5.19. The Morgan fingerprint density at radius 3 is 2.53 bits per heavy atom. The normalized spacial score (nSPS) is 12.6. The minimum absolute atomic E-state index is 0.172. The molecular formula is C15H20ClN3. The first-order chi connectivity index (χ1) is 9.11. The molecule has 0 aliphatic heterocycles. The second-order valence-corrected chi connectivity index (χ2v) is 5.22. The number of hydrogen-bond donors (Lipinski definition) is 1. The van der Waals surface area contributed by atoms with Crippen LogP contribution in [0.1, 0.15) is 36.2 Å². The van der Waals surface area contributed by atoms with E-state index in [2.05, 4.69) is 35.7 Å². The van der Waals surface area contributed by atoms with E-state index in [1.54, 1.807) is 0 Å². The first-order valence-corrected chi connectivity index (χ1v) is 6.98. The molecule has 102 valence electrons. The molecule has 0 aliphatic rings. The summed E-state index contributed by atoms with van der Waals surface area (Å²) in [7, 11) is 1.95. The van der Waals surface area contributed by atoms with Gasteiger partial charge in [0.05, 0.1) is 11.7 Å². The number of nitrogens with zero attached hydrogens (tertiary/aromatic N) is 2. The number of aromatic nitrogens is 2. The number of nitrogens with one attached hydrogen (secondary N) is 1. The Morgan fingerprint density at radius 1 is 1.32 bits per heavy atom. The van der Waals surface area contributed by atoms with Gasteiger partial charge in [-0.1, -0.05) is 30.7 Å². The van der Waals surface area contributed by atoms with Gasteiger partial charge in [0.15, 0.2) is 0 Å². The molecular weight excluding hydrogens is 258 g/mol. The monoisotopic (exact) mass is 277 g/mol. The van der Waals surface area contributed by atoms with Crippen molar-refractivity contribution in [3.8, 4) is 0 Å². The molecule has 19 heavy (non-hydrogen) atoms. The van der Waals surface area contributed by atoms with Crippen LogP contribution in [0.2, 0.25) is 5.02 Å². The van der Waals surface area contributed by atoms with Crippen LogP contribution >= 0.6 is 11.6 Å². The van der Waals surface area contributed by atoms with Crippen LogP contribution in [0.3, 0.4) is 0 Å². The Balaban J connectivity index is 2.35. The summed E-state index contributed by atoms with van der Waals surface area (Å²) in [4.78, 5) is 0. The van der Waals surface area contributed by atoms with Crippen molar-refractivity contribution in [1.29, 1.82) is 0 Å². The van der Waals surface area contributed by atoms with E-state index in [1.165, 1.54) is 11.1 Å². The molecule has 2 rings (SSSR count). The number of halogens is 1. The summed E-state index contributed by atoms with van der Waals surface area (Å²) in [5.41, 5.74) is 3.50. The zero-order chi connectivity index (χ0) is 13.8. The average Bonchev–Trinajstić information content (AvgIpc) is 2.71. The highest BCUT2D eigenvalue weighted by molar-refractivity contribution is 6.30. The summed E-state index contributed by atoms with van der Waals surface area (Å²) in [5.74, 6) is 0. The first kappa shape index (κ1) is 14.1. The molecule has 1 heterocycles. The van der Waals surface area contributed by atoms with Crippen LogP contribution in [0.25, 0.3) is 0 Å². The van der Waals surface area contributed by atoms with Crippen molar-refractivity contribution in [2.75, 3.05) is 6.54 Å². The molecule has 4 heteroatoms. The molecule has 1 aromatic heterocycles. The second kappa shape index (κ2) is 6.22. The number of rotatable bonds is 5. The maximum atomic E-state index is 5.97. The van der Waals surface area contributed by atoms with Gasteiger partial charge in [0.2, 0.25) is 0 Å². The van der Waals surface area contributed by atoms with E-state index in [0.29, 0.717) is 0 Å². The van der Waals surface area contributed by atoms with Gasteiger partial charge in [-0.3, -0.25) is 4.68 Å². The van der Waals surface area contributed by atoms with Crippen LogP contribution < -0.4 is 5.32 Å². The van der Waals surface area contributed by atoms with E-state index in [0.717, 1.165) is 23.7 Å². The highest BCUT2D eigenvalue weighted by Crippen LogP contribution is 2.25. The second-order valence-electron chi connectivity index (χ2n) is 4.78. The standard InChI is InChI=1S/C15H20ClN3/c1-4-9-17-15(12-5-7-13(16)8-6-12)14-10-19(3)18-11(14)2/h5-8,10,15,17H,4,9H2,1-3H3. The van der Waals surface area contributed by atoms with Crippen LogP contribution in [0.4, 0.5) is 0 Å². The molecule has 0 bridgehead atoms. The summed E-state index contributed by atoms with van der Waals surface area (Å²) < 4.78 is 1.86. The van der Waals surface area contributed by atoms with Crippen molar-refractivity contribution in [2.45, 2.75) is 26.3 Å². The van der Waals surface area contributed by atoms with Crippen molar-refractivity contribution in [1.82, 2.24) is 15.1 Å². The van der Waals surface area contributed by atoms with Gasteiger partial charge >= 0.3 is 0 Å². The smallest absolute Gasteiger partial charge is 0.0644 e. The van der Waals surface area contributed by atoms with Gasteiger partial charge in [-0.25, -0.2) is 0 Å². The van der Waals surface area contributed by atoms with Crippen molar-refractivity contribution in [3.63, 3.8) is 0 Å². The molecule has 1 N–H and O–H groups in total. The first-order valence-electron chi connectivity index (χ1n) is 6.60. The molecule has 0 saturated heterocycles. The molecule has 0 fully saturated rings. The fourth-order valence-corrected chi connectivity index (χ4v) is 2.38. The minimum atomic E-state index is 0.172. The number of benzene rings is 1. The van der Waals surface area contributed by atoms with Gasteiger partial charge < -0.3 is 5.32 Å². The molecule has 0 radical (unpaired) electrons. The molecule has 0 aliphatic carbocycles. The number of hydrogen-bond acceptors (Lipinski definition) is 2. The van der Waals surface area contributed by atoms with Crippen LogP contribution in [-0.4, -0.2) is 16.3 Å². The highest BCUT2D eigenvalue weighted by atomic mass is 35.5. The predicted octanol–water partition coefficient (Wildman–Crippen LogP) is 3.47. The maximum Gasteiger partial charge on any atom is 0.0644 e. The van der Waals surface area contributed by atoms with Crippen LogP contribution in [0.15, 0.2) is 30.5 Å². The van der Waals surface area contributed by atoms with Crippen molar-refractivity contribution in [2.24, 2.45) is 7.05 Å². The lowest BCUT2D eigenvalue weighted by Crippen LogP contribution is -2.23. The zero-order valence-corrected chi connectivity index (χ0v) is 12.4. The minimum Gasteiger partial charge on any atom is -0.306 e. The van der Waals surface area contributed by atoms with E-state index in [-0.39, 0.29) is 6.04 Å². The predicted molar refractivity (Wildman–Crippen MR) is 79.5 cm³/mol. The van der Waals surface area contributed by atoms with E-state index in [9.17, 15) is 0 Å². The van der Waals surface area contributed by atoms with E-state index in [1.807, 2.05) is 30.8 Å². The van der Waals surface area contributed by atoms with Gasteiger partial charge in [0, 0.05) is 23.8 Å². The van der Waals surface area contributed by atoms with Gasteiger partial charge in [-0.15, -0.1) is 0 Å². The van der Waals surface area contributed by atoms with E-state index >= 15 is 0 Å². The lowest BCUT2D eigenvalue weighted by molar-refractivity contribution is 0.596. The molecule has 1 unspecified atom stereocenters. The zero-order valence-electron chi connectivity index (χ0n) is 11.7. The summed E-state index contributed by atoms with van der Waals surface area (Å²) in [5, 5.41) is 8.78. The Labute approximate surface area is 119 Å². The average molecular weight is 278 g/mol. The Hall–Kier alpha value is -1.32. The van der Waals surface area contributed by atoms with Crippen LogP contribution in [-0.2, 0) is 7.05 Å². The molecule has 3 nitrogen and oxygen atoms in total.